The number of carbonyl (C=O) groups excluding carboxylic acids is 1. The first-order chi connectivity index (χ1) is 9.19. The second-order valence-corrected chi connectivity index (χ2v) is 4.45. The smallest absolute Gasteiger partial charge is 0.179 e. The number of hydrogen-bond donors (Lipinski definition) is 2. The Kier molecular flexibility index (Phi) is 7.15. The van der Waals surface area contributed by atoms with E-state index in [1.165, 1.54) is 0 Å². The van der Waals surface area contributed by atoms with Crippen molar-refractivity contribution in [2.24, 2.45) is 0 Å². The van der Waals surface area contributed by atoms with Crippen LogP contribution in [0.1, 0.15) is 37.0 Å². The predicted octanol–water partition coefficient (Wildman–Crippen LogP) is 2.25. The normalized spacial score (nSPS) is 12.3. The molecule has 1 atom stereocenters. The number of hydrogen-bond acceptors (Lipinski definition) is 4. The van der Waals surface area contributed by atoms with Gasteiger partial charge < -0.3 is 15.8 Å². The molecule has 19 heavy (non-hydrogen) atoms. The molecule has 0 saturated heterocycles. The molecule has 0 aliphatic carbocycles. The third-order valence-electron chi connectivity index (χ3n) is 2.98. The van der Waals surface area contributed by atoms with E-state index >= 15 is 0 Å². The van der Waals surface area contributed by atoms with Gasteiger partial charge in [0.15, 0.2) is 5.78 Å². The Morgan fingerprint density at radius 2 is 2.00 bits per heavy atom. The van der Waals surface area contributed by atoms with Crippen molar-refractivity contribution in [1.29, 1.82) is 0 Å². The van der Waals surface area contributed by atoms with Gasteiger partial charge in [0.25, 0.3) is 0 Å². The number of ketones is 1. The van der Waals surface area contributed by atoms with Gasteiger partial charge >= 0.3 is 0 Å². The number of carbonyl (C=O) groups is 1. The van der Waals surface area contributed by atoms with Crippen LogP contribution < -0.4 is 11.1 Å². The number of rotatable bonds is 9. The summed E-state index contributed by atoms with van der Waals surface area (Å²) in [5, 5.41) is 3.28. The van der Waals surface area contributed by atoms with Crippen molar-refractivity contribution in [3.63, 3.8) is 0 Å². The van der Waals surface area contributed by atoms with Gasteiger partial charge in [-0.1, -0.05) is 6.92 Å². The maximum Gasteiger partial charge on any atom is 0.179 e. The second-order valence-electron chi connectivity index (χ2n) is 4.45. The zero-order chi connectivity index (χ0) is 14.1. The highest BCUT2D eigenvalue weighted by atomic mass is 16.5. The molecule has 4 nitrogen and oxygen atoms in total. The Bertz CT molecular complexity index is 376. The first kappa shape index (κ1) is 15.7. The Morgan fingerprint density at radius 3 is 2.58 bits per heavy atom. The molecule has 1 aromatic rings. The van der Waals surface area contributed by atoms with Gasteiger partial charge in [0.2, 0.25) is 0 Å². The van der Waals surface area contributed by atoms with Crippen molar-refractivity contribution in [1.82, 2.24) is 5.32 Å². The van der Waals surface area contributed by atoms with Crippen LogP contribution in [0.4, 0.5) is 5.69 Å². The lowest BCUT2D eigenvalue weighted by molar-refractivity contribution is 0.0935. The lowest BCUT2D eigenvalue weighted by Crippen LogP contribution is -2.37. The fourth-order valence-corrected chi connectivity index (χ4v) is 1.87. The van der Waals surface area contributed by atoms with E-state index in [1.807, 2.05) is 13.8 Å². The van der Waals surface area contributed by atoms with Gasteiger partial charge in [-0.2, -0.15) is 0 Å². The fourth-order valence-electron chi connectivity index (χ4n) is 1.87. The maximum absolute atomic E-state index is 12.3. The number of nitrogens with two attached hydrogens (primary N) is 1. The highest BCUT2D eigenvalue weighted by Gasteiger charge is 2.17. The largest absolute Gasteiger partial charge is 0.399 e. The molecular formula is C15H24N2O2. The lowest BCUT2D eigenvalue weighted by Gasteiger charge is -2.16. The quantitative estimate of drug-likeness (QED) is 0.408. The molecule has 0 saturated carbocycles. The minimum Gasteiger partial charge on any atom is -0.399 e. The zero-order valence-corrected chi connectivity index (χ0v) is 11.8. The van der Waals surface area contributed by atoms with Gasteiger partial charge in [-0.05, 0) is 50.6 Å². The molecule has 0 radical (unpaired) electrons. The fraction of sp³-hybridized carbons (Fsp3) is 0.533. The van der Waals surface area contributed by atoms with Crippen LogP contribution in [0.5, 0.6) is 0 Å². The monoisotopic (exact) mass is 264 g/mol. The maximum atomic E-state index is 12.3. The topological polar surface area (TPSA) is 64.3 Å². The Morgan fingerprint density at radius 1 is 1.32 bits per heavy atom. The van der Waals surface area contributed by atoms with Crippen molar-refractivity contribution in [2.75, 3.05) is 25.5 Å². The summed E-state index contributed by atoms with van der Waals surface area (Å²) >= 11 is 0. The van der Waals surface area contributed by atoms with Crippen LogP contribution in [0, 0.1) is 0 Å². The van der Waals surface area contributed by atoms with Crippen molar-refractivity contribution < 1.29 is 9.53 Å². The van der Waals surface area contributed by atoms with Gasteiger partial charge in [-0.15, -0.1) is 0 Å². The molecule has 0 heterocycles. The standard InChI is InChI=1S/C15H24N2O2/c1-3-14(17-10-5-11-19-4-2)15(18)12-6-8-13(16)9-7-12/h6-9,14,17H,3-5,10-11,16H2,1-2H3. The molecular weight excluding hydrogens is 240 g/mol. The molecule has 0 fully saturated rings. The molecule has 0 amide bonds. The van der Waals surface area contributed by atoms with Crippen molar-refractivity contribution in [3.05, 3.63) is 29.8 Å². The molecule has 106 valence electrons. The molecule has 0 aliphatic rings. The molecule has 3 N–H and O–H groups in total. The minimum atomic E-state index is -0.134. The Labute approximate surface area is 115 Å². The number of nitrogen functional groups attached to an aromatic ring is 1. The second kappa shape index (κ2) is 8.67. The van der Waals surface area contributed by atoms with Gasteiger partial charge in [0, 0.05) is 24.5 Å². The number of Topliss-reactive ketones (excluding diaryl/α,β-unsaturated/α-hetero) is 1. The van der Waals surface area contributed by atoms with Crippen LogP contribution in [-0.2, 0) is 4.74 Å². The summed E-state index contributed by atoms with van der Waals surface area (Å²) in [7, 11) is 0. The van der Waals surface area contributed by atoms with E-state index in [9.17, 15) is 4.79 Å². The van der Waals surface area contributed by atoms with E-state index in [4.69, 9.17) is 10.5 Å². The average Bonchev–Trinajstić information content (AvgIpc) is 2.43. The van der Waals surface area contributed by atoms with E-state index in [1.54, 1.807) is 24.3 Å². The number of benzene rings is 1. The van der Waals surface area contributed by atoms with Crippen molar-refractivity contribution >= 4 is 11.5 Å². The van der Waals surface area contributed by atoms with Crippen LogP contribution in [0.15, 0.2) is 24.3 Å². The zero-order valence-electron chi connectivity index (χ0n) is 11.8. The molecule has 0 aromatic heterocycles. The van der Waals surface area contributed by atoms with Crippen LogP contribution >= 0.6 is 0 Å². The summed E-state index contributed by atoms with van der Waals surface area (Å²) in [6.45, 7) is 6.25. The van der Waals surface area contributed by atoms with E-state index in [2.05, 4.69) is 5.32 Å². The average molecular weight is 264 g/mol. The Balaban J connectivity index is 2.45. The molecule has 0 bridgehead atoms. The summed E-state index contributed by atoms with van der Waals surface area (Å²) in [4.78, 5) is 12.3. The molecule has 1 aromatic carbocycles. The number of anilines is 1. The van der Waals surface area contributed by atoms with E-state index in [-0.39, 0.29) is 11.8 Å². The molecule has 0 spiro atoms. The number of ether oxygens (including phenoxy) is 1. The van der Waals surface area contributed by atoms with Crippen LogP contribution in [0.25, 0.3) is 0 Å². The van der Waals surface area contributed by atoms with E-state index < -0.39 is 0 Å². The van der Waals surface area contributed by atoms with Gasteiger partial charge in [-0.25, -0.2) is 0 Å². The SMILES string of the molecule is CCOCCCNC(CC)C(=O)c1ccc(N)cc1. The Hall–Kier alpha value is -1.39. The summed E-state index contributed by atoms with van der Waals surface area (Å²) in [6.07, 6.45) is 1.69. The molecule has 0 aliphatic heterocycles. The first-order valence-corrected chi connectivity index (χ1v) is 6.89. The van der Waals surface area contributed by atoms with Gasteiger partial charge in [-0.3, -0.25) is 4.79 Å². The van der Waals surface area contributed by atoms with Gasteiger partial charge in [0.1, 0.15) is 0 Å². The van der Waals surface area contributed by atoms with Crippen LogP contribution in [-0.4, -0.2) is 31.6 Å². The lowest BCUT2D eigenvalue weighted by atomic mass is 10.0. The van der Waals surface area contributed by atoms with Crippen LogP contribution in [0.3, 0.4) is 0 Å². The van der Waals surface area contributed by atoms with Crippen molar-refractivity contribution in [3.8, 4) is 0 Å². The molecule has 1 unspecified atom stereocenters. The highest BCUT2D eigenvalue weighted by Crippen LogP contribution is 2.09. The summed E-state index contributed by atoms with van der Waals surface area (Å²) in [5.41, 5.74) is 7.00. The number of nitrogens with one attached hydrogen (secondary N) is 1. The third-order valence-corrected chi connectivity index (χ3v) is 2.98. The third kappa shape index (κ3) is 5.41. The molecule has 1 rings (SSSR count). The summed E-state index contributed by atoms with van der Waals surface area (Å²) in [5.74, 6) is 0.124. The minimum absolute atomic E-state index is 0.124. The van der Waals surface area contributed by atoms with E-state index in [0.29, 0.717) is 11.3 Å². The summed E-state index contributed by atoms with van der Waals surface area (Å²) < 4.78 is 5.27. The predicted molar refractivity (Wildman–Crippen MR) is 78.4 cm³/mol. The summed E-state index contributed by atoms with van der Waals surface area (Å²) in [6, 6.07) is 6.94. The van der Waals surface area contributed by atoms with Crippen LogP contribution in [0.2, 0.25) is 0 Å². The molecule has 4 heteroatoms. The van der Waals surface area contributed by atoms with Crippen molar-refractivity contribution in [2.45, 2.75) is 32.7 Å². The first-order valence-electron chi connectivity index (χ1n) is 6.89. The van der Waals surface area contributed by atoms with Gasteiger partial charge in [0.05, 0.1) is 6.04 Å². The highest BCUT2D eigenvalue weighted by molar-refractivity contribution is 6.00. The van der Waals surface area contributed by atoms with E-state index in [0.717, 1.165) is 32.6 Å².